The molecule has 0 fully saturated rings. The summed E-state index contributed by atoms with van der Waals surface area (Å²) in [5.74, 6) is 1.52. The normalized spacial score (nSPS) is 11.5. The zero-order valence-corrected chi connectivity index (χ0v) is 13.5. The van der Waals surface area contributed by atoms with Crippen molar-refractivity contribution in [3.05, 3.63) is 60.7 Å². The molecule has 0 aliphatic heterocycles. The van der Waals surface area contributed by atoms with Crippen LogP contribution >= 0.6 is 0 Å². The highest BCUT2D eigenvalue weighted by atomic mass is 16.5. The average Bonchev–Trinajstić information content (AvgIpc) is 2.61. The van der Waals surface area contributed by atoms with Gasteiger partial charge in [0.25, 0.3) is 5.69 Å². The number of ether oxygens (including phenoxy) is 2. The van der Waals surface area contributed by atoms with Crippen LogP contribution in [0.5, 0.6) is 11.5 Å². The van der Waals surface area contributed by atoms with Crippen molar-refractivity contribution in [2.75, 3.05) is 21.3 Å². The minimum atomic E-state index is 0.735. The van der Waals surface area contributed by atoms with Crippen molar-refractivity contribution in [1.82, 2.24) is 0 Å². The van der Waals surface area contributed by atoms with E-state index in [-0.39, 0.29) is 0 Å². The number of azo groups is 2. The first-order chi connectivity index (χ1) is 11.2. The Kier molecular flexibility index (Phi) is 4.24. The number of rotatable bonds is 4. The zero-order valence-electron chi connectivity index (χ0n) is 13.5. The van der Waals surface area contributed by atoms with Gasteiger partial charge in [0.2, 0.25) is 0 Å². The molecule has 0 atom stereocenters. The van der Waals surface area contributed by atoms with Crippen LogP contribution in [0, 0.1) is 0 Å². The molecule has 0 saturated carbocycles. The molecule has 3 aromatic rings. The van der Waals surface area contributed by atoms with E-state index >= 15 is 0 Å². The molecule has 23 heavy (non-hydrogen) atoms. The number of fused-ring (bicyclic) bond motifs is 1. The van der Waals surface area contributed by atoms with Gasteiger partial charge in [0, 0.05) is 5.11 Å². The van der Waals surface area contributed by atoms with Crippen LogP contribution in [0.1, 0.15) is 0 Å². The second-order valence-corrected chi connectivity index (χ2v) is 5.13. The van der Waals surface area contributed by atoms with Crippen molar-refractivity contribution in [2.24, 2.45) is 5.11 Å². The third kappa shape index (κ3) is 2.88. The van der Waals surface area contributed by atoms with Gasteiger partial charge in [-0.1, -0.05) is 41.1 Å². The largest absolute Gasteiger partial charge is 0.494 e. The molecular weight excluding hydrogens is 288 g/mol. The fourth-order valence-corrected chi connectivity index (χ4v) is 2.66. The summed E-state index contributed by atoms with van der Waals surface area (Å²) in [5.41, 5.74) is 1.70. The summed E-state index contributed by atoms with van der Waals surface area (Å²) in [5, 5.41) is 6.92. The molecule has 0 N–H and O–H groups in total. The van der Waals surface area contributed by atoms with E-state index in [4.69, 9.17) is 9.47 Å². The number of benzene rings is 3. The summed E-state index contributed by atoms with van der Waals surface area (Å²) in [7, 11) is 5.23. The molecule has 0 unspecified atom stereocenters. The van der Waals surface area contributed by atoms with E-state index < -0.39 is 0 Å². The van der Waals surface area contributed by atoms with Gasteiger partial charge in [0.1, 0.15) is 0 Å². The molecule has 0 bridgehead atoms. The first kappa shape index (κ1) is 15.0. The van der Waals surface area contributed by atoms with Gasteiger partial charge < -0.3 is 9.47 Å². The first-order valence-corrected chi connectivity index (χ1v) is 7.38. The van der Waals surface area contributed by atoms with E-state index in [1.54, 1.807) is 14.2 Å². The van der Waals surface area contributed by atoms with Crippen LogP contribution in [-0.2, 0) is 0 Å². The predicted molar refractivity (Wildman–Crippen MR) is 91.4 cm³/mol. The van der Waals surface area contributed by atoms with Gasteiger partial charge in [-0.05, 0) is 29.7 Å². The molecule has 0 amide bonds. The lowest BCUT2D eigenvalue weighted by Gasteiger charge is -2.07. The van der Waals surface area contributed by atoms with Crippen molar-refractivity contribution < 1.29 is 14.2 Å². The second kappa shape index (κ2) is 6.48. The highest BCUT2D eigenvalue weighted by Crippen LogP contribution is 2.36. The van der Waals surface area contributed by atoms with E-state index in [2.05, 4.69) is 23.3 Å². The van der Waals surface area contributed by atoms with E-state index in [1.165, 1.54) is 0 Å². The molecule has 0 heterocycles. The van der Waals surface area contributed by atoms with E-state index in [9.17, 15) is 0 Å². The fourth-order valence-electron chi connectivity index (χ4n) is 2.66. The lowest BCUT2D eigenvalue weighted by atomic mass is 10.1. The molecule has 0 saturated heterocycles. The standard InChI is InChI=1S/C19H19N2O2/c1-21(20-16-10-6-7-11-17(16)22-2)19-15-9-5-4-8-14(15)12-13-18(19)23-3/h4-13H,1-3H3/q+1. The number of methoxy groups -OCH3 is 2. The molecule has 0 aromatic heterocycles. The fraction of sp³-hybridized carbons (Fsp3) is 0.158. The highest BCUT2D eigenvalue weighted by Gasteiger charge is 2.19. The molecule has 3 rings (SSSR count). The van der Waals surface area contributed by atoms with Crippen LogP contribution in [0.3, 0.4) is 0 Å². The van der Waals surface area contributed by atoms with Crippen molar-refractivity contribution in [2.45, 2.75) is 0 Å². The Bertz CT molecular complexity index is 872. The average molecular weight is 307 g/mol. The second-order valence-electron chi connectivity index (χ2n) is 5.13. The highest BCUT2D eigenvalue weighted by molar-refractivity contribution is 5.93. The summed E-state index contributed by atoms with van der Waals surface area (Å²) in [6.45, 7) is 0. The summed E-state index contributed by atoms with van der Waals surface area (Å²) < 4.78 is 12.7. The molecule has 0 radical (unpaired) electrons. The third-order valence-corrected chi connectivity index (χ3v) is 3.75. The van der Waals surface area contributed by atoms with Crippen LogP contribution < -0.4 is 9.47 Å². The molecule has 3 aromatic carbocycles. The number of nitrogens with zero attached hydrogens (tertiary/aromatic N) is 2. The van der Waals surface area contributed by atoms with E-state index in [0.29, 0.717) is 0 Å². The van der Waals surface area contributed by atoms with E-state index in [0.717, 1.165) is 33.6 Å². The molecule has 116 valence electrons. The summed E-state index contributed by atoms with van der Waals surface area (Å²) in [6.07, 6.45) is 0. The maximum Gasteiger partial charge on any atom is 0.281 e. The maximum absolute atomic E-state index is 5.54. The van der Waals surface area contributed by atoms with Crippen molar-refractivity contribution in [3.8, 4) is 11.5 Å². The lowest BCUT2D eigenvalue weighted by Crippen LogP contribution is -1.98. The third-order valence-electron chi connectivity index (χ3n) is 3.75. The van der Waals surface area contributed by atoms with Crippen LogP contribution in [0.4, 0.5) is 11.4 Å². The Labute approximate surface area is 135 Å². The van der Waals surface area contributed by atoms with E-state index in [1.807, 2.05) is 54.2 Å². The van der Waals surface area contributed by atoms with Crippen LogP contribution in [0.25, 0.3) is 10.8 Å². The Balaban J connectivity index is 2.20. The van der Waals surface area contributed by atoms with Crippen LogP contribution in [-0.4, -0.2) is 26.0 Å². The van der Waals surface area contributed by atoms with Gasteiger partial charge in [-0.25, -0.2) is 0 Å². The molecule has 0 aliphatic rings. The Hall–Kier alpha value is -2.88. The topological polar surface area (TPSA) is 33.8 Å². The maximum atomic E-state index is 5.54. The molecule has 4 heteroatoms. The summed E-state index contributed by atoms with van der Waals surface area (Å²) in [4.78, 5) is 0. The quantitative estimate of drug-likeness (QED) is 0.506. The monoisotopic (exact) mass is 307 g/mol. The minimum absolute atomic E-state index is 0.735. The van der Waals surface area contributed by atoms with Gasteiger partial charge in [0.05, 0.1) is 19.6 Å². The number of hydrogen-bond donors (Lipinski definition) is 0. The Morgan fingerprint density at radius 3 is 2.26 bits per heavy atom. The zero-order chi connectivity index (χ0) is 16.2. The van der Waals surface area contributed by atoms with Crippen LogP contribution in [0.15, 0.2) is 65.8 Å². The van der Waals surface area contributed by atoms with Crippen molar-refractivity contribution in [3.63, 3.8) is 0 Å². The SMILES string of the molecule is COc1ccccc1N=[N+](C)c1c(OC)ccc2ccccc12. The number of hydrogen-bond acceptors (Lipinski definition) is 3. The van der Waals surface area contributed by atoms with Gasteiger partial charge >= 0.3 is 0 Å². The number of para-hydroxylation sites is 1. The Morgan fingerprint density at radius 1 is 0.783 bits per heavy atom. The smallest absolute Gasteiger partial charge is 0.281 e. The van der Waals surface area contributed by atoms with Crippen molar-refractivity contribution >= 4 is 22.1 Å². The van der Waals surface area contributed by atoms with Crippen molar-refractivity contribution in [1.29, 1.82) is 0 Å². The molecule has 4 nitrogen and oxygen atoms in total. The molecule has 0 aliphatic carbocycles. The predicted octanol–water partition coefficient (Wildman–Crippen LogP) is 4.91. The minimum Gasteiger partial charge on any atom is -0.494 e. The van der Waals surface area contributed by atoms with Gasteiger partial charge in [-0.15, -0.1) is 0 Å². The van der Waals surface area contributed by atoms with Crippen LogP contribution in [0.2, 0.25) is 0 Å². The summed E-state index contributed by atoms with van der Waals surface area (Å²) >= 11 is 0. The molecule has 0 spiro atoms. The first-order valence-electron chi connectivity index (χ1n) is 7.38. The van der Waals surface area contributed by atoms with Gasteiger partial charge in [0.15, 0.2) is 24.2 Å². The van der Waals surface area contributed by atoms with Gasteiger partial charge in [-0.2, -0.15) is 0 Å². The summed E-state index contributed by atoms with van der Waals surface area (Å²) in [6, 6.07) is 19.9. The van der Waals surface area contributed by atoms with Gasteiger partial charge in [-0.3, -0.25) is 0 Å². The molecular formula is C19H19N2O2+. The lowest BCUT2D eigenvalue weighted by molar-refractivity contribution is -0.475. The Morgan fingerprint density at radius 2 is 1.48 bits per heavy atom.